The number of benzene rings is 1. The van der Waals surface area contributed by atoms with Gasteiger partial charge >= 0.3 is 0 Å². The van der Waals surface area contributed by atoms with Crippen molar-refractivity contribution in [3.05, 3.63) is 35.9 Å². The molecule has 1 aromatic carbocycles. The second kappa shape index (κ2) is 4.99. The third-order valence-corrected chi connectivity index (χ3v) is 5.27. The van der Waals surface area contributed by atoms with Crippen molar-refractivity contribution in [2.45, 2.75) is 38.6 Å². The molecule has 2 heteroatoms. The van der Waals surface area contributed by atoms with E-state index in [1.165, 1.54) is 24.8 Å². The molecule has 102 valence electrons. The molecule has 2 fully saturated rings. The van der Waals surface area contributed by atoms with E-state index >= 15 is 0 Å². The van der Waals surface area contributed by atoms with Crippen molar-refractivity contribution in [2.24, 2.45) is 17.8 Å². The van der Waals surface area contributed by atoms with E-state index in [-0.39, 0.29) is 6.04 Å². The van der Waals surface area contributed by atoms with Crippen LogP contribution in [0.15, 0.2) is 30.3 Å². The van der Waals surface area contributed by atoms with E-state index in [0.717, 1.165) is 12.3 Å². The van der Waals surface area contributed by atoms with Crippen LogP contribution in [0.1, 0.15) is 44.2 Å². The molecule has 1 amide bonds. The second-order valence-corrected chi connectivity index (χ2v) is 6.32. The fourth-order valence-electron chi connectivity index (χ4n) is 3.95. The normalized spacial score (nSPS) is 30.3. The molecule has 0 spiro atoms. The first-order valence-electron chi connectivity index (χ1n) is 7.48. The average molecular weight is 257 g/mol. The van der Waals surface area contributed by atoms with Crippen LogP contribution in [0.25, 0.3) is 0 Å². The fraction of sp³-hybridized carbons (Fsp3) is 0.588. The minimum absolute atomic E-state index is 0.174. The zero-order valence-corrected chi connectivity index (χ0v) is 11.9. The lowest BCUT2D eigenvalue weighted by Gasteiger charge is -2.31. The number of fused-ring (bicyclic) bond motifs is 2. The summed E-state index contributed by atoms with van der Waals surface area (Å²) in [5, 5.41) is 0. The van der Waals surface area contributed by atoms with E-state index in [2.05, 4.69) is 19.1 Å². The Bertz CT molecular complexity index is 456. The molecular weight excluding hydrogens is 234 g/mol. The van der Waals surface area contributed by atoms with Crippen molar-refractivity contribution in [3.63, 3.8) is 0 Å². The highest BCUT2D eigenvalue weighted by molar-refractivity contribution is 5.80. The summed E-state index contributed by atoms with van der Waals surface area (Å²) in [5.41, 5.74) is 1.22. The SMILES string of the molecule is CC(c1ccccc1)N(C)C(=O)C1CC2CCC1C2. The van der Waals surface area contributed by atoms with Crippen LogP contribution in [-0.4, -0.2) is 17.9 Å². The Kier molecular flexibility index (Phi) is 3.34. The molecule has 3 rings (SSSR count). The van der Waals surface area contributed by atoms with Crippen molar-refractivity contribution in [1.29, 1.82) is 0 Å². The van der Waals surface area contributed by atoms with Gasteiger partial charge in [-0.05, 0) is 43.6 Å². The summed E-state index contributed by atoms with van der Waals surface area (Å²) in [5.74, 6) is 2.17. The third kappa shape index (κ3) is 2.29. The molecule has 2 aliphatic rings. The Morgan fingerprint density at radius 2 is 1.95 bits per heavy atom. The van der Waals surface area contributed by atoms with E-state index in [1.54, 1.807) is 0 Å². The summed E-state index contributed by atoms with van der Waals surface area (Å²) >= 11 is 0. The van der Waals surface area contributed by atoms with Crippen LogP contribution in [0, 0.1) is 17.8 Å². The van der Waals surface area contributed by atoms with Gasteiger partial charge in [0.05, 0.1) is 6.04 Å². The molecule has 2 nitrogen and oxygen atoms in total. The van der Waals surface area contributed by atoms with Crippen LogP contribution < -0.4 is 0 Å². The van der Waals surface area contributed by atoms with Gasteiger partial charge in [-0.25, -0.2) is 0 Å². The number of nitrogens with zero attached hydrogens (tertiary/aromatic N) is 1. The number of rotatable bonds is 3. The van der Waals surface area contributed by atoms with E-state index in [0.29, 0.717) is 17.7 Å². The van der Waals surface area contributed by atoms with Gasteiger partial charge < -0.3 is 4.90 Å². The fourth-order valence-corrected chi connectivity index (χ4v) is 3.95. The van der Waals surface area contributed by atoms with Crippen molar-refractivity contribution in [3.8, 4) is 0 Å². The molecule has 2 aliphatic carbocycles. The zero-order chi connectivity index (χ0) is 13.4. The Balaban J connectivity index is 1.70. The molecule has 0 aromatic heterocycles. The Labute approximate surface area is 115 Å². The van der Waals surface area contributed by atoms with Gasteiger partial charge in [-0.15, -0.1) is 0 Å². The molecule has 0 N–H and O–H groups in total. The van der Waals surface area contributed by atoms with Gasteiger partial charge in [0.1, 0.15) is 0 Å². The summed E-state index contributed by atoms with van der Waals surface area (Å²) in [6.07, 6.45) is 5.06. The first-order chi connectivity index (χ1) is 9.16. The molecule has 0 aliphatic heterocycles. The zero-order valence-electron chi connectivity index (χ0n) is 11.9. The predicted molar refractivity (Wildman–Crippen MR) is 76.6 cm³/mol. The van der Waals surface area contributed by atoms with Gasteiger partial charge in [-0.1, -0.05) is 36.8 Å². The number of amides is 1. The monoisotopic (exact) mass is 257 g/mol. The van der Waals surface area contributed by atoms with Crippen molar-refractivity contribution < 1.29 is 4.79 Å². The van der Waals surface area contributed by atoms with E-state index in [4.69, 9.17) is 0 Å². The van der Waals surface area contributed by atoms with Crippen molar-refractivity contribution in [2.75, 3.05) is 7.05 Å². The largest absolute Gasteiger partial charge is 0.339 e. The van der Waals surface area contributed by atoms with Gasteiger partial charge in [0, 0.05) is 13.0 Å². The average Bonchev–Trinajstić information content (AvgIpc) is 3.08. The highest BCUT2D eigenvalue weighted by Gasteiger charge is 2.44. The molecule has 1 aromatic rings. The maximum Gasteiger partial charge on any atom is 0.226 e. The Morgan fingerprint density at radius 3 is 2.53 bits per heavy atom. The molecular formula is C17H23NO. The molecule has 2 saturated carbocycles. The van der Waals surface area contributed by atoms with E-state index in [1.807, 2.05) is 30.1 Å². The molecule has 0 radical (unpaired) electrons. The molecule has 4 unspecified atom stereocenters. The smallest absolute Gasteiger partial charge is 0.226 e. The highest BCUT2D eigenvalue weighted by Crippen LogP contribution is 2.49. The number of hydrogen-bond acceptors (Lipinski definition) is 1. The lowest BCUT2D eigenvalue weighted by Crippen LogP contribution is -2.37. The Hall–Kier alpha value is -1.31. The van der Waals surface area contributed by atoms with Crippen LogP contribution in [0.5, 0.6) is 0 Å². The predicted octanol–water partition coefficient (Wildman–Crippen LogP) is 3.64. The lowest BCUT2D eigenvalue weighted by molar-refractivity contribution is -0.137. The van der Waals surface area contributed by atoms with Gasteiger partial charge in [0.2, 0.25) is 5.91 Å². The minimum Gasteiger partial charge on any atom is -0.339 e. The quantitative estimate of drug-likeness (QED) is 0.809. The first kappa shape index (κ1) is 12.7. The second-order valence-electron chi connectivity index (χ2n) is 6.32. The molecule has 2 bridgehead atoms. The summed E-state index contributed by atoms with van der Waals surface area (Å²) in [6.45, 7) is 2.13. The summed E-state index contributed by atoms with van der Waals surface area (Å²) < 4.78 is 0. The molecule has 0 heterocycles. The maximum atomic E-state index is 12.7. The Morgan fingerprint density at radius 1 is 1.21 bits per heavy atom. The third-order valence-electron chi connectivity index (χ3n) is 5.27. The minimum atomic E-state index is 0.174. The van der Waals surface area contributed by atoms with Gasteiger partial charge in [-0.2, -0.15) is 0 Å². The van der Waals surface area contributed by atoms with Gasteiger partial charge in [-0.3, -0.25) is 4.79 Å². The summed E-state index contributed by atoms with van der Waals surface area (Å²) in [4.78, 5) is 14.6. The first-order valence-corrected chi connectivity index (χ1v) is 7.48. The van der Waals surface area contributed by atoms with Gasteiger partial charge in [0.25, 0.3) is 0 Å². The number of carbonyl (C=O) groups is 1. The molecule has 4 atom stereocenters. The molecule has 0 saturated heterocycles. The van der Waals surface area contributed by atoms with Crippen LogP contribution in [0.4, 0.5) is 0 Å². The molecule has 19 heavy (non-hydrogen) atoms. The number of hydrogen-bond donors (Lipinski definition) is 0. The van der Waals surface area contributed by atoms with Crippen LogP contribution in [-0.2, 0) is 4.79 Å². The standard InChI is InChI=1S/C17H23NO/c1-12(14-6-4-3-5-7-14)18(2)17(19)16-11-13-8-9-15(16)10-13/h3-7,12-13,15-16H,8-11H2,1-2H3. The lowest BCUT2D eigenvalue weighted by atomic mass is 9.87. The van der Waals surface area contributed by atoms with Crippen molar-refractivity contribution >= 4 is 5.91 Å². The van der Waals surface area contributed by atoms with Gasteiger partial charge in [0.15, 0.2) is 0 Å². The van der Waals surface area contributed by atoms with Crippen LogP contribution in [0.3, 0.4) is 0 Å². The highest BCUT2D eigenvalue weighted by atomic mass is 16.2. The maximum absolute atomic E-state index is 12.7. The van der Waals surface area contributed by atoms with E-state index < -0.39 is 0 Å². The topological polar surface area (TPSA) is 20.3 Å². The van der Waals surface area contributed by atoms with Crippen LogP contribution >= 0.6 is 0 Å². The van der Waals surface area contributed by atoms with E-state index in [9.17, 15) is 4.79 Å². The van der Waals surface area contributed by atoms with Crippen LogP contribution in [0.2, 0.25) is 0 Å². The summed E-state index contributed by atoms with van der Waals surface area (Å²) in [7, 11) is 1.96. The summed E-state index contributed by atoms with van der Waals surface area (Å²) in [6, 6.07) is 10.5. The van der Waals surface area contributed by atoms with Crippen molar-refractivity contribution in [1.82, 2.24) is 4.90 Å². The number of carbonyl (C=O) groups excluding carboxylic acids is 1.